The van der Waals surface area contributed by atoms with Crippen LogP contribution in [-0.4, -0.2) is 24.6 Å². The van der Waals surface area contributed by atoms with Crippen molar-refractivity contribution >= 4 is 28.2 Å². The van der Waals surface area contributed by atoms with Crippen molar-refractivity contribution in [3.05, 3.63) is 89.3 Å². The number of fused-ring (bicyclic) bond motifs is 3. The fourth-order valence-corrected chi connectivity index (χ4v) is 3.01. The van der Waals surface area contributed by atoms with Gasteiger partial charge in [0.15, 0.2) is 11.5 Å². The maximum Gasteiger partial charge on any atom is 0.293 e. The molecule has 0 radical (unpaired) electrons. The van der Waals surface area contributed by atoms with Crippen LogP contribution in [0.5, 0.6) is 0 Å². The first-order chi connectivity index (χ1) is 13.8. The summed E-state index contributed by atoms with van der Waals surface area (Å²) < 4.78 is 1.62. The fourth-order valence-electron chi connectivity index (χ4n) is 3.01. The Kier molecular flexibility index (Phi) is 3.76. The number of aromatic nitrogens is 5. The van der Waals surface area contributed by atoms with Crippen LogP contribution in [-0.2, 0) is 0 Å². The Labute approximate surface area is 159 Å². The average Bonchev–Trinajstić information content (AvgIpc) is 3.09. The van der Waals surface area contributed by atoms with Crippen LogP contribution in [0.15, 0.2) is 83.8 Å². The molecule has 3 heterocycles. The molecule has 3 aromatic heterocycles. The van der Waals surface area contributed by atoms with E-state index in [-0.39, 0.29) is 5.56 Å². The summed E-state index contributed by atoms with van der Waals surface area (Å²) in [5.74, 6) is 0.981. The SMILES string of the molecule is O=c1nccccc1Nc1nc2ccccc2c2nc(-c3ccccc3)nn12. The van der Waals surface area contributed by atoms with Crippen molar-refractivity contribution in [2.24, 2.45) is 0 Å². The molecule has 7 nitrogen and oxygen atoms in total. The van der Waals surface area contributed by atoms with Crippen LogP contribution in [0.1, 0.15) is 0 Å². The lowest BCUT2D eigenvalue weighted by atomic mass is 10.2. The normalized spacial score (nSPS) is 11.0. The van der Waals surface area contributed by atoms with Crippen molar-refractivity contribution in [3.63, 3.8) is 0 Å². The zero-order valence-electron chi connectivity index (χ0n) is 14.6. The molecule has 0 aliphatic heterocycles. The molecule has 5 rings (SSSR count). The molecule has 0 saturated heterocycles. The van der Waals surface area contributed by atoms with Gasteiger partial charge in [-0.2, -0.15) is 4.52 Å². The Balaban J connectivity index is 1.77. The third-order valence-electron chi connectivity index (χ3n) is 4.34. The van der Waals surface area contributed by atoms with Crippen LogP contribution in [0.4, 0.5) is 11.6 Å². The predicted molar refractivity (Wildman–Crippen MR) is 108 cm³/mol. The number of para-hydroxylation sites is 1. The van der Waals surface area contributed by atoms with Gasteiger partial charge in [-0.25, -0.2) is 15.0 Å². The molecule has 0 bridgehead atoms. The van der Waals surface area contributed by atoms with E-state index in [0.717, 1.165) is 16.5 Å². The van der Waals surface area contributed by atoms with Gasteiger partial charge in [-0.1, -0.05) is 48.5 Å². The molecule has 1 N–H and O–H groups in total. The van der Waals surface area contributed by atoms with E-state index in [9.17, 15) is 4.79 Å². The molecule has 0 aliphatic rings. The van der Waals surface area contributed by atoms with Gasteiger partial charge in [0.1, 0.15) is 5.69 Å². The second-order valence-electron chi connectivity index (χ2n) is 6.16. The molecule has 0 atom stereocenters. The lowest BCUT2D eigenvalue weighted by Gasteiger charge is -2.07. The summed E-state index contributed by atoms with van der Waals surface area (Å²) >= 11 is 0. The Bertz CT molecular complexity index is 1360. The van der Waals surface area contributed by atoms with Crippen molar-refractivity contribution in [1.29, 1.82) is 0 Å². The zero-order valence-corrected chi connectivity index (χ0v) is 14.6. The topological polar surface area (TPSA) is 85.1 Å². The monoisotopic (exact) mass is 366 g/mol. The first-order valence-corrected chi connectivity index (χ1v) is 8.73. The third kappa shape index (κ3) is 2.75. The van der Waals surface area contributed by atoms with Gasteiger partial charge in [0.2, 0.25) is 5.95 Å². The van der Waals surface area contributed by atoms with E-state index in [0.29, 0.717) is 23.1 Å². The van der Waals surface area contributed by atoms with Crippen molar-refractivity contribution < 1.29 is 0 Å². The van der Waals surface area contributed by atoms with Crippen LogP contribution in [0.2, 0.25) is 0 Å². The second kappa shape index (κ2) is 6.55. The predicted octanol–water partition coefficient (Wildman–Crippen LogP) is 3.44. The van der Waals surface area contributed by atoms with E-state index in [4.69, 9.17) is 4.98 Å². The van der Waals surface area contributed by atoms with Crippen molar-refractivity contribution in [3.8, 4) is 11.4 Å². The van der Waals surface area contributed by atoms with Crippen LogP contribution < -0.4 is 10.9 Å². The van der Waals surface area contributed by atoms with Crippen LogP contribution >= 0.6 is 0 Å². The first kappa shape index (κ1) is 16.1. The summed E-state index contributed by atoms with van der Waals surface area (Å²) in [6.45, 7) is 0. The number of nitrogens with one attached hydrogen (secondary N) is 1. The van der Waals surface area contributed by atoms with Gasteiger partial charge in [-0.05, 0) is 24.3 Å². The van der Waals surface area contributed by atoms with E-state index < -0.39 is 0 Å². The van der Waals surface area contributed by atoms with E-state index in [1.54, 1.807) is 22.7 Å². The summed E-state index contributed by atoms with van der Waals surface area (Å²) in [7, 11) is 0. The fraction of sp³-hybridized carbons (Fsp3) is 0. The van der Waals surface area contributed by atoms with Crippen LogP contribution in [0.25, 0.3) is 27.9 Å². The molecule has 2 aromatic carbocycles. The summed E-state index contributed by atoms with van der Waals surface area (Å²) in [6, 6.07) is 22.5. The minimum Gasteiger partial charge on any atom is -0.319 e. The number of rotatable bonds is 3. The van der Waals surface area contributed by atoms with Crippen molar-refractivity contribution in [2.45, 2.75) is 0 Å². The highest BCUT2D eigenvalue weighted by atomic mass is 16.1. The maximum atomic E-state index is 12.2. The van der Waals surface area contributed by atoms with Crippen LogP contribution in [0, 0.1) is 0 Å². The van der Waals surface area contributed by atoms with Gasteiger partial charge >= 0.3 is 0 Å². The molecule has 0 unspecified atom stereocenters. The number of nitrogens with zero attached hydrogens (tertiary/aromatic N) is 5. The smallest absolute Gasteiger partial charge is 0.293 e. The van der Waals surface area contributed by atoms with Gasteiger partial charge in [0, 0.05) is 17.1 Å². The molecule has 5 aromatic rings. The standard InChI is InChI=1S/C21H14N6O/c28-20-17(12-6-7-13-22-20)24-21-23-16-11-5-4-10-15(16)19-25-18(26-27(19)21)14-8-2-1-3-9-14/h1-13H,(H,22,23,24,28). The van der Waals surface area contributed by atoms with Gasteiger partial charge in [0.05, 0.1) is 5.52 Å². The van der Waals surface area contributed by atoms with Gasteiger partial charge < -0.3 is 5.32 Å². The molecule has 0 aliphatic carbocycles. The average molecular weight is 366 g/mol. The summed E-state index contributed by atoms with van der Waals surface area (Å²) in [6.07, 6.45) is 1.46. The molecule has 7 heteroatoms. The highest BCUT2D eigenvalue weighted by Crippen LogP contribution is 2.24. The molecule has 0 saturated carbocycles. The van der Waals surface area contributed by atoms with E-state index in [2.05, 4.69) is 20.4 Å². The molecular weight excluding hydrogens is 352 g/mol. The lowest BCUT2D eigenvalue weighted by Crippen LogP contribution is -2.11. The van der Waals surface area contributed by atoms with Crippen molar-refractivity contribution in [2.75, 3.05) is 5.32 Å². The number of hydrogen-bond donors (Lipinski definition) is 1. The Morgan fingerprint density at radius 2 is 1.61 bits per heavy atom. The Hall–Kier alpha value is -4.13. The minimum absolute atomic E-state index is 0.311. The number of hydrogen-bond acceptors (Lipinski definition) is 6. The molecule has 0 fully saturated rings. The lowest BCUT2D eigenvalue weighted by molar-refractivity contribution is 0.947. The largest absolute Gasteiger partial charge is 0.319 e. The number of benzene rings is 2. The second-order valence-corrected chi connectivity index (χ2v) is 6.16. The third-order valence-corrected chi connectivity index (χ3v) is 4.34. The molecule has 0 spiro atoms. The summed E-state index contributed by atoms with van der Waals surface area (Å²) in [5, 5.41) is 8.58. The van der Waals surface area contributed by atoms with Crippen LogP contribution in [0.3, 0.4) is 0 Å². The van der Waals surface area contributed by atoms with Crippen molar-refractivity contribution in [1.82, 2.24) is 24.6 Å². The molecule has 134 valence electrons. The Morgan fingerprint density at radius 3 is 2.50 bits per heavy atom. The minimum atomic E-state index is -0.378. The zero-order chi connectivity index (χ0) is 18.9. The van der Waals surface area contributed by atoms with Gasteiger partial charge in [-0.3, -0.25) is 4.79 Å². The van der Waals surface area contributed by atoms with E-state index in [1.165, 1.54) is 6.20 Å². The van der Waals surface area contributed by atoms with Gasteiger partial charge in [-0.15, -0.1) is 5.10 Å². The summed E-state index contributed by atoms with van der Waals surface area (Å²) in [5.41, 5.74) is 2.25. The first-order valence-electron chi connectivity index (χ1n) is 8.73. The highest BCUT2D eigenvalue weighted by Gasteiger charge is 2.15. The highest BCUT2D eigenvalue weighted by molar-refractivity contribution is 5.93. The summed E-state index contributed by atoms with van der Waals surface area (Å²) in [4.78, 5) is 25.4. The van der Waals surface area contributed by atoms with Gasteiger partial charge in [0.25, 0.3) is 5.56 Å². The van der Waals surface area contributed by atoms with E-state index >= 15 is 0 Å². The number of anilines is 2. The van der Waals surface area contributed by atoms with E-state index in [1.807, 2.05) is 54.6 Å². The molecular formula is C21H14N6O. The Morgan fingerprint density at radius 1 is 0.821 bits per heavy atom. The molecule has 28 heavy (non-hydrogen) atoms. The maximum absolute atomic E-state index is 12.2. The quantitative estimate of drug-likeness (QED) is 0.526. The molecule has 0 amide bonds.